The zero-order valence-electron chi connectivity index (χ0n) is 33.6. The summed E-state index contributed by atoms with van der Waals surface area (Å²) < 4.78 is 5.39. The molecule has 4 atom stereocenters. The van der Waals surface area contributed by atoms with E-state index in [4.69, 9.17) is 9.84 Å². The summed E-state index contributed by atoms with van der Waals surface area (Å²) in [6, 6.07) is 13.4. The smallest absolute Gasteiger partial charge is 0.408 e. The Labute approximate surface area is 339 Å². The summed E-state index contributed by atoms with van der Waals surface area (Å²) in [4.78, 5) is 98.3. The van der Waals surface area contributed by atoms with Crippen LogP contribution in [0.5, 0.6) is 0 Å². The maximum absolute atomic E-state index is 14.1. The molecule has 3 rings (SSSR count). The number of unbranched alkanes of at least 4 members (excludes halogenated alkanes) is 3. The van der Waals surface area contributed by atoms with Gasteiger partial charge in [0.15, 0.2) is 0 Å². The third-order valence-corrected chi connectivity index (χ3v) is 9.10. The maximum atomic E-state index is 14.1. The van der Waals surface area contributed by atoms with Gasteiger partial charge in [0.05, 0.1) is 12.0 Å². The normalized spacial score (nSPS) is 13.1. The van der Waals surface area contributed by atoms with Crippen LogP contribution in [0.1, 0.15) is 89.5 Å². The summed E-state index contributed by atoms with van der Waals surface area (Å²) in [7, 11) is 0. The van der Waals surface area contributed by atoms with E-state index < -0.39 is 71.7 Å². The molecule has 16 heteroatoms. The number of carboxylic acids is 1. The van der Waals surface area contributed by atoms with Gasteiger partial charge in [-0.3, -0.25) is 34.1 Å². The largest absolute Gasteiger partial charge is 0.481 e. The number of H-pyrrole nitrogens is 1. The molecule has 0 aliphatic carbocycles. The van der Waals surface area contributed by atoms with Gasteiger partial charge in [-0.25, -0.2) is 9.78 Å². The van der Waals surface area contributed by atoms with Gasteiger partial charge in [-0.2, -0.15) is 0 Å². The molecule has 0 spiro atoms. The second kappa shape index (κ2) is 24.5. The number of alkyl carbamates (subject to hydrolysis) is 1. The van der Waals surface area contributed by atoms with Gasteiger partial charge in [-0.05, 0) is 42.2 Å². The van der Waals surface area contributed by atoms with E-state index in [-0.39, 0.29) is 44.6 Å². The van der Waals surface area contributed by atoms with Gasteiger partial charge in [0, 0.05) is 31.9 Å². The highest BCUT2D eigenvalue weighted by atomic mass is 16.5. The molecule has 0 fully saturated rings. The van der Waals surface area contributed by atoms with Crippen molar-refractivity contribution >= 4 is 41.6 Å². The third-order valence-electron chi connectivity index (χ3n) is 9.10. The summed E-state index contributed by atoms with van der Waals surface area (Å²) in [5.41, 5.74) is 1.94. The number of carbonyl (C=O) groups is 7. The molecule has 0 aliphatic heterocycles. The lowest BCUT2D eigenvalue weighted by molar-refractivity contribution is -0.137. The van der Waals surface area contributed by atoms with E-state index in [2.05, 4.69) is 36.6 Å². The molecule has 0 unspecified atom stereocenters. The molecule has 0 aliphatic rings. The first-order valence-corrected chi connectivity index (χ1v) is 19.7. The molecule has 0 saturated heterocycles. The zero-order valence-corrected chi connectivity index (χ0v) is 33.6. The zero-order chi connectivity index (χ0) is 42.5. The van der Waals surface area contributed by atoms with Gasteiger partial charge in [0.25, 0.3) is 0 Å². The average molecular weight is 804 g/mol. The highest BCUT2D eigenvalue weighted by Crippen LogP contribution is 2.12. The van der Waals surface area contributed by atoms with Crippen LogP contribution < -0.4 is 26.6 Å². The highest BCUT2D eigenvalue weighted by Gasteiger charge is 2.33. The quantitative estimate of drug-likeness (QED) is 0.0648. The maximum Gasteiger partial charge on any atom is 0.408 e. The Balaban J connectivity index is 1.73. The summed E-state index contributed by atoms with van der Waals surface area (Å²) in [6.07, 6.45) is 4.71. The van der Waals surface area contributed by atoms with Crippen LogP contribution in [0.2, 0.25) is 0 Å². The van der Waals surface area contributed by atoms with Crippen LogP contribution in [0.15, 0.2) is 73.2 Å². The van der Waals surface area contributed by atoms with Crippen molar-refractivity contribution in [3.8, 4) is 0 Å². The number of aromatic nitrogens is 2. The van der Waals surface area contributed by atoms with Crippen molar-refractivity contribution in [3.63, 3.8) is 0 Å². The van der Waals surface area contributed by atoms with E-state index in [1.165, 1.54) is 6.33 Å². The fraction of sp³-hybridized carbons (Fsp3) is 0.476. The van der Waals surface area contributed by atoms with Crippen LogP contribution in [-0.2, 0) is 53.0 Å². The van der Waals surface area contributed by atoms with Crippen molar-refractivity contribution in [3.05, 3.63) is 90.0 Å². The van der Waals surface area contributed by atoms with Gasteiger partial charge in [0.2, 0.25) is 29.5 Å². The minimum Gasteiger partial charge on any atom is -0.481 e. The van der Waals surface area contributed by atoms with Gasteiger partial charge in [0.1, 0.15) is 30.8 Å². The molecule has 16 nitrogen and oxygen atoms in total. The lowest BCUT2D eigenvalue weighted by Gasteiger charge is -2.28. The number of hydrogen-bond donors (Lipinski definition) is 7. The van der Waals surface area contributed by atoms with Crippen molar-refractivity contribution in [1.29, 1.82) is 0 Å². The van der Waals surface area contributed by atoms with Crippen molar-refractivity contribution in [2.45, 2.75) is 116 Å². The van der Waals surface area contributed by atoms with Crippen molar-refractivity contribution < 1.29 is 43.4 Å². The number of amides is 6. The Morgan fingerprint density at radius 2 is 1.24 bits per heavy atom. The van der Waals surface area contributed by atoms with Crippen LogP contribution in [0, 0.1) is 11.8 Å². The molecular weight excluding hydrogens is 747 g/mol. The summed E-state index contributed by atoms with van der Waals surface area (Å²) in [5, 5.41) is 22.0. The minimum absolute atomic E-state index is 0.0247. The number of rotatable bonds is 24. The first kappa shape index (κ1) is 46.3. The third kappa shape index (κ3) is 17.4. The Morgan fingerprint density at radius 3 is 1.81 bits per heavy atom. The molecule has 2 aromatic carbocycles. The molecule has 1 heterocycles. The molecule has 3 aromatic rings. The Morgan fingerprint density at radius 1 is 0.672 bits per heavy atom. The van der Waals surface area contributed by atoms with E-state index in [1.54, 1.807) is 56.4 Å². The van der Waals surface area contributed by atoms with E-state index in [9.17, 15) is 33.6 Å². The molecule has 314 valence electrons. The lowest BCUT2D eigenvalue weighted by atomic mass is 9.99. The van der Waals surface area contributed by atoms with Gasteiger partial charge < -0.3 is 36.1 Å². The topological polar surface area (TPSA) is 238 Å². The predicted molar refractivity (Wildman–Crippen MR) is 215 cm³/mol. The predicted octanol–water partition coefficient (Wildman–Crippen LogP) is 3.71. The number of aliphatic carboxylic acids is 1. The number of nitrogens with zero attached hydrogens (tertiary/aromatic N) is 1. The highest BCUT2D eigenvalue weighted by molar-refractivity contribution is 6.00. The number of hydrogen-bond acceptors (Lipinski definition) is 9. The number of ether oxygens (including phenoxy) is 1. The summed E-state index contributed by atoms with van der Waals surface area (Å²) in [6.45, 7) is 7.11. The standard InChI is InChI=1S/C42H57N7O9/c1-27(2)21-32(40(55)49-37(28(3)4)41(56)48-35(50)19-13-5-6-14-20-36(51)52)45-39(54)34(23-31-24-43-26-44-31)46-38(53)33(22-29-15-9-7-10-16-29)47-42(57)58-25-30-17-11-8-12-18-30/h7-12,15-18,24,26-28,32-34,37H,5-6,13-14,19-23,25H2,1-4H3,(H,43,44)(H,45,54)(H,46,53)(H,47,57)(H,49,55)(H,51,52)(H,48,50,56)/t32-,33-,34-,37-/m0/s1. The Hall–Kier alpha value is -6.06. The minimum atomic E-state index is -1.25. The second-order valence-electron chi connectivity index (χ2n) is 14.9. The number of carbonyl (C=O) groups excluding carboxylic acids is 6. The monoisotopic (exact) mass is 803 g/mol. The summed E-state index contributed by atoms with van der Waals surface area (Å²) in [5.74, 6) is -4.64. The van der Waals surface area contributed by atoms with Crippen LogP contribution in [0.3, 0.4) is 0 Å². The number of aromatic amines is 1. The first-order valence-electron chi connectivity index (χ1n) is 19.7. The number of carboxylic acid groups (broad SMARTS) is 1. The molecule has 1 aromatic heterocycles. The summed E-state index contributed by atoms with van der Waals surface area (Å²) >= 11 is 0. The Kier molecular flexibility index (Phi) is 19.6. The SMILES string of the molecule is CC(C)C[C@H](NC(=O)[C@H](Cc1c[nH]cn1)NC(=O)[C@H](Cc1ccccc1)NC(=O)OCc1ccccc1)C(=O)N[C@H](C(=O)NC(=O)CCCCCCC(=O)O)C(C)C. The average Bonchev–Trinajstić information content (AvgIpc) is 3.70. The van der Waals surface area contributed by atoms with Gasteiger partial charge in [-0.15, -0.1) is 0 Å². The molecule has 7 N–H and O–H groups in total. The molecule has 0 saturated carbocycles. The van der Waals surface area contributed by atoms with E-state index in [0.717, 1.165) is 11.1 Å². The Bertz CT molecular complexity index is 1770. The van der Waals surface area contributed by atoms with E-state index in [0.29, 0.717) is 31.4 Å². The van der Waals surface area contributed by atoms with Crippen LogP contribution in [0.25, 0.3) is 0 Å². The van der Waals surface area contributed by atoms with Crippen molar-refractivity contribution in [2.24, 2.45) is 11.8 Å². The first-order chi connectivity index (χ1) is 27.7. The number of nitrogens with one attached hydrogen (secondary N) is 6. The number of imide groups is 1. The lowest BCUT2D eigenvalue weighted by Crippen LogP contribution is -2.60. The number of benzene rings is 2. The molecule has 6 amide bonds. The van der Waals surface area contributed by atoms with E-state index >= 15 is 0 Å². The second-order valence-corrected chi connectivity index (χ2v) is 14.9. The number of imidazole rings is 1. The molecule has 0 radical (unpaired) electrons. The van der Waals surface area contributed by atoms with Gasteiger partial charge in [-0.1, -0.05) is 101 Å². The molecule has 58 heavy (non-hydrogen) atoms. The van der Waals surface area contributed by atoms with E-state index in [1.807, 2.05) is 38.1 Å². The molecular formula is C42H57N7O9. The fourth-order valence-electron chi connectivity index (χ4n) is 6.02. The van der Waals surface area contributed by atoms with Crippen LogP contribution in [0.4, 0.5) is 4.79 Å². The van der Waals surface area contributed by atoms with Crippen molar-refractivity contribution in [1.82, 2.24) is 36.6 Å². The van der Waals surface area contributed by atoms with Gasteiger partial charge >= 0.3 is 12.1 Å². The van der Waals surface area contributed by atoms with Crippen LogP contribution >= 0.6 is 0 Å². The molecule has 0 bridgehead atoms. The fourth-order valence-corrected chi connectivity index (χ4v) is 6.02. The van der Waals surface area contributed by atoms with Crippen LogP contribution in [-0.4, -0.2) is 80.8 Å². The van der Waals surface area contributed by atoms with Crippen molar-refractivity contribution in [2.75, 3.05) is 0 Å².